The molecule has 5 nitrogen and oxygen atoms in total. The highest BCUT2D eigenvalue weighted by Gasteiger charge is 2.54. The van der Waals surface area contributed by atoms with Crippen molar-refractivity contribution in [3.63, 3.8) is 0 Å². The molecule has 6 heteroatoms. The first-order valence-electron chi connectivity index (χ1n) is 11.5. The fourth-order valence-electron chi connectivity index (χ4n) is 7.25. The van der Waals surface area contributed by atoms with Crippen LogP contribution in [0.1, 0.15) is 55.8 Å². The van der Waals surface area contributed by atoms with Crippen molar-refractivity contribution in [1.82, 2.24) is 5.32 Å². The average Bonchev–Trinajstić information content (AvgIpc) is 3.01. The number of carbonyl (C=O) groups excluding carboxylic acids is 2. The van der Waals surface area contributed by atoms with Crippen molar-refractivity contribution in [3.05, 3.63) is 35.9 Å². The Morgan fingerprint density at radius 1 is 1.10 bits per heavy atom. The number of anilines is 2. The second-order valence-electron chi connectivity index (χ2n) is 10.0. The van der Waals surface area contributed by atoms with Crippen LogP contribution in [-0.2, 0) is 4.79 Å². The molecular weight excluding hydrogens is 406 g/mol. The zero-order chi connectivity index (χ0) is 21.3. The van der Waals surface area contributed by atoms with Crippen molar-refractivity contribution < 1.29 is 9.59 Å². The van der Waals surface area contributed by atoms with Gasteiger partial charge in [0.1, 0.15) is 0 Å². The summed E-state index contributed by atoms with van der Waals surface area (Å²) in [4.78, 5) is 27.8. The van der Waals surface area contributed by atoms with Crippen LogP contribution in [0.4, 0.5) is 11.4 Å². The minimum absolute atomic E-state index is 0.0398. The molecule has 4 saturated carbocycles. The fraction of sp³-hybridized carbons (Fsp3) is 0.480. The summed E-state index contributed by atoms with van der Waals surface area (Å²) < 4.78 is 0. The summed E-state index contributed by atoms with van der Waals surface area (Å²) in [7, 11) is 0. The zero-order valence-electron chi connectivity index (χ0n) is 17.7. The summed E-state index contributed by atoms with van der Waals surface area (Å²) in [5.74, 6) is 2.29. The van der Waals surface area contributed by atoms with Crippen molar-refractivity contribution in [2.24, 2.45) is 23.2 Å². The second kappa shape index (κ2) is 6.76. The Morgan fingerprint density at radius 2 is 1.77 bits per heavy atom. The number of carbonyl (C=O) groups is 2. The first kappa shape index (κ1) is 19.2. The summed E-state index contributed by atoms with van der Waals surface area (Å²) in [5.41, 5.74) is 2.26. The number of nitrogens with zero attached hydrogens (tertiary/aromatic N) is 1. The Kier molecular flexibility index (Phi) is 4.20. The number of nitrogens with one attached hydrogen (secondary N) is 2. The van der Waals surface area contributed by atoms with Gasteiger partial charge in [-0.2, -0.15) is 0 Å². The molecule has 2 aromatic rings. The number of benzene rings is 2. The Balaban J connectivity index is 1.24. The highest BCUT2D eigenvalue weighted by Crippen LogP contribution is 2.60. The minimum atomic E-state index is -0.226. The topological polar surface area (TPSA) is 61.4 Å². The monoisotopic (exact) mass is 433 g/mol. The molecule has 0 aromatic heterocycles. The van der Waals surface area contributed by atoms with Crippen LogP contribution in [0.25, 0.3) is 10.8 Å². The van der Waals surface area contributed by atoms with E-state index in [4.69, 9.17) is 12.2 Å². The predicted octanol–water partition coefficient (Wildman–Crippen LogP) is 4.85. The van der Waals surface area contributed by atoms with Crippen molar-refractivity contribution in [3.8, 4) is 0 Å². The molecule has 2 N–H and O–H groups in total. The number of hydrogen-bond donors (Lipinski definition) is 2. The van der Waals surface area contributed by atoms with Gasteiger partial charge in [0.15, 0.2) is 5.11 Å². The van der Waals surface area contributed by atoms with E-state index in [0.29, 0.717) is 29.4 Å². The van der Waals surface area contributed by atoms with Gasteiger partial charge in [0, 0.05) is 28.6 Å². The Morgan fingerprint density at radius 3 is 2.42 bits per heavy atom. The van der Waals surface area contributed by atoms with E-state index in [1.807, 2.05) is 37.3 Å². The van der Waals surface area contributed by atoms with Crippen molar-refractivity contribution in [2.45, 2.75) is 45.4 Å². The fourth-order valence-corrected chi connectivity index (χ4v) is 7.45. The van der Waals surface area contributed by atoms with Crippen LogP contribution >= 0.6 is 12.2 Å². The Labute approximate surface area is 187 Å². The molecule has 0 spiro atoms. The molecule has 5 aliphatic rings. The number of thiocarbonyl (C=S) groups is 1. The van der Waals surface area contributed by atoms with Gasteiger partial charge in [-0.3, -0.25) is 9.59 Å². The van der Waals surface area contributed by atoms with Crippen molar-refractivity contribution >= 4 is 51.3 Å². The molecule has 1 heterocycles. The average molecular weight is 434 g/mol. The molecule has 4 bridgehead atoms. The molecular formula is C25H27N3O2S. The molecule has 4 fully saturated rings. The third kappa shape index (κ3) is 2.84. The van der Waals surface area contributed by atoms with Gasteiger partial charge in [-0.25, -0.2) is 0 Å². The Hall–Kier alpha value is -2.47. The maximum atomic E-state index is 13.3. The summed E-state index contributed by atoms with van der Waals surface area (Å²) in [6.45, 7) is 2.62. The largest absolute Gasteiger partial charge is 0.332 e. The van der Waals surface area contributed by atoms with Gasteiger partial charge in [-0.05, 0) is 93.6 Å². The molecule has 1 aliphatic heterocycles. The van der Waals surface area contributed by atoms with E-state index in [0.717, 1.165) is 47.0 Å². The smallest absolute Gasteiger partial charge is 0.258 e. The van der Waals surface area contributed by atoms with E-state index in [9.17, 15) is 9.59 Å². The lowest BCUT2D eigenvalue weighted by Crippen LogP contribution is -2.55. The van der Waals surface area contributed by atoms with Crippen LogP contribution < -0.4 is 15.5 Å². The standard InChI is InChI=1S/C25H27N3O2S/c1-2-28-20-7-6-19(17-4-3-5-18(21(17)20)22(28)29)26-24(31)27-23(30)25-11-14-8-15(12-25)10-16(9-14)13-25/h3-7,14-16H,2,8-13H2,1H3,(H2,26,27,30,31). The summed E-state index contributed by atoms with van der Waals surface area (Å²) in [6, 6.07) is 9.69. The van der Waals surface area contributed by atoms with Crippen LogP contribution in [0.2, 0.25) is 0 Å². The van der Waals surface area contributed by atoms with Gasteiger partial charge >= 0.3 is 0 Å². The van der Waals surface area contributed by atoms with Crippen LogP contribution in [0.5, 0.6) is 0 Å². The third-order valence-electron chi connectivity index (χ3n) is 8.10. The maximum Gasteiger partial charge on any atom is 0.258 e. The van der Waals surface area contributed by atoms with Gasteiger partial charge in [0.2, 0.25) is 5.91 Å². The van der Waals surface area contributed by atoms with Gasteiger partial charge in [0.05, 0.1) is 11.1 Å². The van der Waals surface area contributed by atoms with E-state index in [1.165, 1.54) is 19.3 Å². The summed E-state index contributed by atoms with van der Waals surface area (Å²) in [6.07, 6.45) is 6.98. The highest BCUT2D eigenvalue weighted by atomic mass is 32.1. The maximum absolute atomic E-state index is 13.3. The van der Waals surface area contributed by atoms with Crippen LogP contribution in [0.15, 0.2) is 30.3 Å². The van der Waals surface area contributed by atoms with Crippen LogP contribution in [0.3, 0.4) is 0 Å². The third-order valence-corrected chi connectivity index (χ3v) is 8.30. The first-order chi connectivity index (χ1) is 15.0. The number of hydrogen-bond acceptors (Lipinski definition) is 3. The molecule has 0 unspecified atom stereocenters. The predicted molar refractivity (Wildman–Crippen MR) is 126 cm³/mol. The molecule has 0 saturated heterocycles. The number of amides is 2. The van der Waals surface area contributed by atoms with Gasteiger partial charge < -0.3 is 15.5 Å². The molecule has 0 atom stereocenters. The molecule has 0 radical (unpaired) electrons. The summed E-state index contributed by atoms with van der Waals surface area (Å²) in [5, 5.41) is 8.52. The normalized spacial score (nSPS) is 30.2. The molecule has 160 valence electrons. The van der Waals surface area contributed by atoms with E-state index >= 15 is 0 Å². The minimum Gasteiger partial charge on any atom is -0.332 e. The summed E-state index contributed by atoms with van der Waals surface area (Å²) >= 11 is 5.56. The SMILES string of the molecule is CCN1C(=O)c2cccc3c(NC(=S)NC(=O)C45CC6CC(CC(C6)C4)C5)ccc1c23. The zero-order valence-corrected chi connectivity index (χ0v) is 18.6. The van der Waals surface area contributed by atoms with Crippen LogP contribution in [0, 0.1) is 23.2 Å². The lowest BCUT2D eigenvalue weighted by atomic mass is 9.49. The van der Waals surface area contributed by atoms with Crippen LogP contribution in [-0.4, -0.2) is 23.5 Å². The lowest BCUT2D eigenvalue weighted by molar-refractivity contribution is -0.144. The van der Waals surface area contributed by atoms with E-state index in [2.05, 4.69) is 10.6 Å². The molecule has 4 aliphatic carbocycles. The molecule has 7 rings (SSSR count). The quantitative estimate of drug-likeness (QED) is 0.680. The number of rotatable bonds is 3. The molecule has 2 amide bonds. The molecule has 31 heavy (non-hydrogen) atoms. The Bertz CT molecular complexity index is 1110. The van der Waals surface area contributed by atoms with Gasteiger partial charge in [-0.1, -0.05) is 12.1 Å². The van der Waals surface area contributed by atoms with Crippen molar-refractivity contribution in [1.29, 1.82) is 0 Å². The molecule has 2 aromatic carbocycles. The van der Waals surface area contributed by atoms with Crippen molar-refractivity contribution in [2.75, 3.05) is 16.8 Å². The lowest BCUT2D eigenvalue weighted by Gasteiger charge is -2.55. The first-order valence-corrected chi connectivity index (χ1v) is 11.9. The second-order valence-corrected chi connectivity index (χ2v) is 10.4. The van der Waals surface area contributed by atoms with E-state index < -0.39 is 0 Å². The van der Waals surface area contributed by atoms with Gasteiger partial charge in [0.25, 0.3) is 5.91 Å². The van der Waals surface area contributed by atoms with Gasteiger partial charge in [-0.15, -0.1) is 0 Å². The van der Waals surface area contributed by atoms with E-state index in [1.54, 1.807) is 4.90 Å². The van der Waals surface area contributed by atoms with E-state index in [-0.39, 0.29) is 17.2 Å². The highest BCUT2D eigenvalue weighted by molar-refractivity contribution is 7.80.